The summed E-state index contributed by atoms with van der Waals surface area (Å²) in [5.74, 6) is -1.06. The van der Waals surface area contributed by atoms with Crippen molar-refractivity contribution >= 4 is 45.6 Å². The Morgan fingerprint density at radius 3 is 1.23 bits per heavy atom. The van der Waals surface area contributed by atoms with E-state index in [2.05, 4.69) is 13.2 Å². The first-order chi connectivity index (χ1) is 21.6. The molecule has 0 bridgehead atoms. The standard InChI is InChI=1S/C40H30O4/c1-3-27-19-23-31(24-20-27)39(41)43-37(35-17-9-13-29-11-5-7-15-33(29)35)38(36-18-10-14-30-12-6-8-16-34(30)36)44-40(42)32-25-21-28(4-2)22-26-32/h3-26,37-38H,1-2H2/t37-,38-/m1/s1. The molecule has 44 heavy (non-hydrogen) atoms. The highest BCUT2D eigenvalue weighted by Crippen LogP contribution is 2.42. The highest BCUT2D eigenvalue weighted by Gasteiger charge is 2.35. The van der Waals surface area contributed by atoms with E-state index in [1.807, 2.05) is 109 Å². The third kappa shape index (κ3) is 5.79. The van der Waals surface area contributed by atoms with Gasteiger partial charge in [-0.2, -0.15) is 0 Å². The van der Waals surface area contributed by atoms with Crippen LogP contribution in [0.15, 0.2) is 147 Å². The monoisotopic (exact) mass is 574 g/mol. The first kappa shape index (κ1) is 28.4. The average Bonchev–Trinajstić information content (AvgIpc) is 3.09. The van der Waals surface area contributed by atoms with Crippen molar-refractivity contribution in [3.8, 4) is 0 Å². The molecule has 0 saturated carbocycles. The largest absolute Gasteiger partial charge is 0.449 e. The minimum absolute atomic E-state index is 0.379. The number of benzene rings is 6. The summed E-state index contributed by atoms with van der Waals surface area (Å²) >= 11 is 0. The first-order valence-electron chi connectivity index (χ1n) is 14.4. The number of hydrogen-bond donors (Lipinski definition) is 0. The van der Waals surface area contributed by atoms with Crippen LogP contribution in [-0.2, 0) is 9.47 Å². The highest BCUT2D eigenvalue weighted by atomic mass is 16.6. The van der Waals surface area contributed by atoms with E-state index in [0.29, 0.717) is 11.1 Å². The van der Waals surface area contributed by atoms with E-state index >= 15 is 0 Å². The van der Waals surface area contributed by atoms with Gasteiger partial charge in [0.15, 0.2) is 12.2 Å². The molecular weight excluding hydrogens is 544 g/mol. The third-order valence-electron chi connectivity index (χ3n) is 7.77. The van der Waals surface area contributed by atoms with Gasteiger partial charge in [0, 0.05) is 11.1 Å². The predicted octanol–water partition coefficient (Wildman–Crippen LogP) is 9.78. The van der Waals surface area contributed by atoms with Gasteiger partial charge in [-0.1, -0.05) is 135 Å². The fourth-order valence-electron chi connectivity index (χ4n) is 5.45. The minimum Gasteiger partial charge on any atom is -0.449 e. The predicted molar refractivity (Wildman–Crippen MR) is 177 cm³/mol. The first-order valence-corrected chi connectivity index (χ1v) is 14.4. The van der Waals surface area contributed by atoms with Gasteiger partial charge in [-0.25, -0.2) is 9.59 Å². The zero-order valence-corrected chi connectivity index (χ0v) is 24.1. The summed E-state index contributed by atoms with van der Waals surface area (Å²) in [5, 5.41) is 3.74. The lowest BCUT2D eigenvalue weighted by atomic mass is 9.91. The van der Waals surface area contributed by atoms with Crippen molar-refractivity contribution < 1.29 is 19.1 Å². The maximum Gasteiger partial charge on any atom is 0.338 e. The summed E-state index contributed by atoms with van der Waals surface area (Å²) in [4.78, 5) is 27.6. The van der Waals surface area contributed by atoms with E-state index in [0.717, 1.165) is 43.8 Å². The van der Waals surface area contributed by atoms with Crippen molar-refractivity contribution in [1.82, 2.24) is 0 Å². The number of fused-ring (bicyclic) bond motifs is 2. The normalized spacial score (nSPS) is 12.3. The van der Waals surface area contributed by atoms with Gasteiger partial charge < -0.3 is 9.47 Å². The van der Waals surface area contributed by atoms with E-state index in [9.17, 15) is 9.59 Å². The van der Waals surface area contributed by atoms with E-state index in [1.165, 1.54) is 0 Å². The minimum atomic E-state index is -0.977. The molecule has 0 N–H and O–H groups in total. The zero-order valence-electron chi connectivity index (χ0n) is 24.1. The number of esters is 2. The molecule has 0 aromatic heterocycles. The topological polar surface area (TPSA) is 52.6 Å². The lowest BCUT2D eigenvalue weighted by molar-refractivity contribution is -0.0379. The van der Waals surface area contributed by atoms with Crippen LogP contribution in [0.4, 0.5) is 0 Å². The van der Waals surface area contributed by atoms with Crippen molar-refractivity contribution in [1.29, 1.82) is 0 Å². The molecule has 0 spiro atoms. The molecule has 6 rings (SSSR count). The summed E-state index contributed by atoms with van der Waals surface area (Å²) in [6.07, 6.45) is 1.47. The average molecular weight is 575 g/mol. The molecule has 0 saturated heterocycles. The fraction of sp³-hybridized carbons (Fsp3) is 0.0500. The van der Waals surface area contributed by atoms with E-state index in [1.54, 1.807) is 36.4 Å². The number of carbonyl (C=O) groups excluding carboxylic acids is 2. The number of rotatable bonds is 9. The van der Waals surface area contributed by atoms with Crippen LogP contribution in [0.3, 0.4) is 0 Å². The van der Waals surface area contributed by atoms with Gasteiger partial charge in [-0.15, -0.1) is 0 Å². The van der Waals surface area contributed by atoms with Gasteiger partial charge in [0.05, 0.1) is 11.1 Å². The van der Waals surface area contributed by atoms with Gasteiger partial charge in [0.25, 0.3) is 0 Å². The maximum absolute atomic E-state index is 13.8. The molecule has 0 aliphatic rings. The summed E-state index contributed by atoms with van der Waals surface area (Å²) in [7, 11) is 0. The van der Waals surface area contributed by atoms with Crippen LogP contribution in [-0.4, -0.2) is 11.9 Å². The Labute approximate surface area is 256 Å². The van der Waals surface area contributed by atoms with Gasteiger partial charge in [-0.05, 0) is 56.9 Å². The number of carbonyl (C=O) groups is 2. The van der Waals surface area contributed by atoms with Crippen molar-refractivity contribution in [2.45, 2.75) is 12.2 Å². The Balaban J connectivity index is 1.52. The molecule has 4 heteroatoms. The molecule has 4 nitrogen and oxygen atoms in total. The number of hydrogen-bond acceptors (Lipinski definition) is 4. The molecule has 214 valence electrons. The van der Waals surface area contributed by atoms with Crippen LogP contribution in [0, 0.1) is 0 Å². The molecule has 0 aliphatic heterocycles. The van der Waals surface area contributed by atoms with Crippen molar-refractivity contribution in [2.24, 2.45) is 0 Å². The lowest BCUT2D eigenvalue weighted by Gasteiger charge is -2.29. The zero-order chi connectivity index (χ0) is 30.5. The molecule has 0 fully saturated rings. The molecule has 0 amide bonds. The molecule has 2 atom stereocenters. The molecule has 6 aromatic carbocycles. The third-order valence-corrected chi connectivity index (χ3v) is 7.77. The molecule has 0 radical (unpaired) electrons. The molecule has 0 heterocycles. The summed E-state index contributed by atoms with van der Waals surface area (Å²) < 4.78 is 12.8. The van der Waals surface area contributed by atoms with E-state index in [-0.39, 0.29) is 0 Å². The van der Waals surface area contributed by atoms with Crippen LogP contribution in [0.5, 0.6) is 0 Å². The summed E-state index contributed by atoms with van der Waals surface area (Å²) in [6.45, 7) is 7.59. The Morgan fingerprint density at radius 1 is 0.477 bits per heavy atom. The lowest BCUT2D eigenvalue weighted by Crippen LogP contribution is -2.24. The Bertz CT molecular complexity index is 1830. The van der Waals surface area contributed by atoms with Crippen LogP contribution >= 0.6 is 0 Å². The van der Waals surface area contributed by atoms with Crippen molar-refractivity contribution in [3.63, 3.8) is 0 Å². The number of ether oxygens (including phenoxy) is 2. The Morgan fingerprint density at radius 2 is 0.841 bits per heavy atom. The van der Waals surface area contributed by atoms with Crippen molar-refractivity contribution in [2.75, 3.05) is 0 Å². The van der Waals surface area contributed by atoms with Crippen molar-refractivity contribution in [3.05, 3.63) is 180 Å². The molecule has 0 aliphatic carbocycles. The molecule has 0 unspecified atom stereocenters. The SMILES string of the molecule is C=Cc1ccc(C(=O)O[C@H](c2cccc3ccccc23)[C@H](OC(=O)c2ccc(C=C)cc2)c2cccc3ccccc23)cc1. The second-order valence-corrected chi connectivity index (χ2v) is 10.4. The van der Waals surface area contributed by atoms with Gasteiger partial charge in [-0.3, -0.25) is 0 Å². The van der Waals surface area contributed by atoms with Crippen LogP contribution < -0.4 is 0 Å². The molecule has 6 aromatic rings. The van der Waals surface area contributed by atoms with Crippen LogP contribution in [0.1, 0.15) is 55.2 Å². The van der Waals surface area contributed by atoms with E-state index < -0.39 is 24.1 Å². The molecular formula is C40H30O4. The summed E-state index contributed by atoms with van der Waals surface area (Å²) in [6, 6.07) is 41.6. The Kier molecular flexibility index (Phi) is 8.15. The second-order valence-electron chi connectivity index (χ2n) is 10.4. The van der Waals surface area contributed by atoms with Crippen LogP contribution in [0.2, 0.25) is 0 Å². The fourth-order valence-corrected chi connectivity index (χ4v) is 5.45. The second kappa shape index (κ2) is 12.6. The highest BCUT2D eigenvalue weighted by molar-refractivity contribution is 5.93. The quantitative estimate of drug-likeness (QED) is 0.161. The van der Waals surface area contributed by atoms with Gasteiger partial charge >= 0.3 is 11.9 Å². The summed E-state index contributed by atoms with van der Waals surface area (Å²) in [5.41, 5.74) is 3.99. The van der Waals surface area contributed by atoms with E-state index in [4.69, 9.17) is 9.47 Å². The maximum atomic E-state index is 13.8. The van der Waals surface area contributed by atoms with Gasteiger partial charge in [0.1, 0.15) is 0 Å². The Hall–Kier alpha value is -5.74. The van der Waals surface area contributed by atoms with Crippen LogP contribution in [0.25, 0.3) is 33.7 Å². The smallest absolute Gasteiger partial charge is 0.338 e. The van der Waals surface area contributed by atoms with Gasteiger partial charge in [0.2, 0.25) is 0 Å².